The molecule has 0 bridgehead atoms. The number of hydrogen-bond donors (Lipinski definition) is 2. The third-order valence-corrected chi connectivity index (χ3v) is 3.95. The van der Waals surface area contributed by atoms with Gasteiger partial charge in [0.15, 0.2) is 0 Å². The van der Waals surface area contributed by atoms with Gasteiger partial charge in [0, 0.05) is 30.1 Å². The smallest absolute Gasteiger partial charge is 0.0564 e. The van der Waals surface area contributed by atoms with E-state index in [0.717, 1.165) is 30.4 Å². The lowest BCUT2D eigenvalue weighted by Crippen LogP contribution is -2.41. The van der Waals surface area contributed by atoms with Crippen molar-refractivity contribution in [3.05, 3.63) is 34.3 Å². The highest BCUT2D eigenvalue weighted by atomic mass is 79.9. The van der Waals surface area contributed by atoms with Gasteiger partial charge in [0.25, 0.3) is 0 Å². The van der Waals surface area contributed by atoms with E-state index < -0.39 is 0 Å². The number of likely N-dealkylation sites (tertiary alicyclic amines) is 1. The van der Waals surface area contributed by atoms with Gasteiger partial charge in [0.1, 0.15) is 0 Å². The molecule has 17 heavy (non-hydrogen) atoms. The third-order valence-electron chi connectivity index (χ3n) is 3.42. The van der Waals surface area contributed by atoms with Crippen molar-refractivity contribution in [2.24, 2.45) is 5.73 Å². The lowest BCUT2D eigenvalue weighted by atomic mass is 10.0. The number of piperidine rings is 1. The van der Waals surface area contributed by atoms with Crippen LogP contribution in [0.25, 0.3) is 0 Å². The van der Waals surface area contributed by atoms with Gasteiger partial charge in [-0.25, -0.2) is 0 Å². The van der Waals surface area contributed by atoms with Crippen LogP contribution in [0.15, 0.2) is 28.7 Å². The maximum atomic E-state index is 9.52. The predicted octanol–water partition coefficient (Wildman–Crippen LogP) is 1.91. The number of rotatable bonds is 3. The van der Waals surface area contributed by atoms with Crippen LogP contribution < -0.4 is 5.73 Å². The van der Waals surface area contributed by atoms with Crippen molar-refractivity contribution in [3.8, 4) is 0 Å². The number of hydrogen-bond acceptors (Lipinski definition) is 3. The average molecular weight is 299 g/mol. The Morgan fingerprint density at radius 1 is 1.29 bits per heavy atom. The highest BCUT2D eigenvalue weighted by Gasteiger charge is 2.24. The molecule has 94 valence electrons. The molecule has 1 aromatic carbocycles. The molecule has 1 atom stereocenters. The van der Waals surface area contributed by atoms with Gasteiger partial charge >= 0.3 is 0 Å². The van der Waals surface area contributed by atoms with E-state index in [-0.39, 0.29) is 12.1 Å². The molecule has 2 rings (SSSR count). The summed E-state index contributed by atoms with van der Waals surface area (Å²) in [6.45, 7) is 2.48. The van der Waals surface area contributed by atoms with Crippen molar-refractivity contribution in [3.63, 3.8) is 0 Å². The van der Waals surface area contributed by atoms with Gasteiger partial charge < -0.3 is 10.8 Å². The maximum Gasteiger partial charge on any atom is 0.0564 e. The minimum absolute atomic E-state index is 0.130. The van der Waals surface area contributed by atoms with Crippen molar-refractivity contribution < 1.29 is 5.11 Å². The van der Waals surface area contributed by atoms with Crippen LogP contribution in [-0.2, 0) is 0 Å². The molecule has 1 aliphatic rings. The van der Waals surface area contributed by atoms with Crippen LogP contribution in [0.1, 0.15) is 24.4 Å². The summed E-state index contributed by atoms with van der Waals surface area (Å²) >= 11 is 3.44. The van der Waals surface area contributed by atoms with Crippen molar-refractivity contribution in [1.29, 1.82) is 0 Å². The van der Waals surface area contributed by atoms with E-state index >= 15 is 0 Å². The number of nitrogens with zero attached hydrogens (tertiary/aromatic N) is 1. The molecule has 0 amide bonds. The van der Waals surface area contributed by atoms with Crippen LogP contribution in [0.3, 0.4) is 0 Å². The molecule has 1 heterocycles. The zero-order valence-corrected chi connectivity index (χ0v) is 11.4. The Balaban J connectivity index is 2.08. The zero-order chi connectivity index (χ0) is 12.3. The van der Waals surface area contributed by atoms with Gasteiger partial charge in [-0.05, 0) is 30.5 Å². The van der Waals surface area contributed by atoms with Gasteiger partial charge in [-0.15, -0.1) is 0 Å². The van der Waals surface area contributed by atoms with E-state index in [9.17, 15) is 5.11 Å². The van der Waals surface area contributed by atoms with Crippen LogP contribution in [-0.4, -0.2) is 35.7 Å². The van der Waals surface area contributed by atoms with Crippen LogP contribution in [0.2, 0.25) is 0 Å². The minimum Gasteiger partial charge on any atom is -0.393 e. The summed E-state index contributed by atoms with van der Waals surface area (Å²) in [5.74, 6) is 0. The molecule has 1 unspecified atom stereocenters. The predicted molar refractivity (Wildman–Crippen MR) is 72.8 cm³/mol. The second-order valence-corrected chi connectivity index (χ2v) is 5.49. The summed E-state index contributed by atoms with van der Waals surface area (Å²) in [6.07, 6.45) is 1.58. The molecule has 1 saturated heterocycles. The quantitative estimate of drug-likeness (QED) is 0.896. The molecule has 1 fully saturated rings. The molecule has 0 spiro atoms. The van der Waals surface area contributed by atoms with Gasteiger partial charge in [-0.2, -0.15) is 0 Å². The SMILES string of the molecule is NCC(c1ccc(Br)cc1)N1CCC(O)CC1. The fourth-order valence-electron chi connectivity index (χ4n) is 2.38. The third kappa shape index (κ3) is 3.28. The zero-order valence-electron chi connectivity index (χ0n) is 9.85. The van der Waals surface area contributed by atoms with E-state index in [1.165, 1.54) is 5.56 Å². The second-order valence-electron chi connectivity index (χ2n) is 4.57. The number of nitrogens with two attached hydrogens (primary N) is 1. The van der Waals surface area contributed by atoms with E-state index in [0.29, 0.717) is 6.54 Å². The Morgan fingerprint density at radius 3 is 2.41 bits per heavy atom. The minimum atomic E-state index is -0.130. The summed E-state index contributed by atoms with van der Waals surface area (Å²) in [5, 5.41) is 9.52. The van der Waals surface area contributed by atoms with Crippen LogP contribution in [0.5, 0.6) is 0 Å². The molecular formula is C13H19BrN2O. The Bertz CT molecular complexity index is 347. The van der Waals surface area contributed by atoms with Gasteiger partial charge in [0.2, 0.25) is 0 Å². The number of aliphatic hydroxyl groups is 1. The fraction of sp³-hybridized carbons (Fsp3) is 0.538. The Morgan fingerprint density at radius 2 is 1.88 bits per heavy atom. The topological polar surface area (TPSA) is 49.5 Å². The Hall–Kier alpha value is -0.420. The maximum absolute atomic E-state index is 9.52. The standard InChI is InChI=1S/C13H19BrN2O/c14-11-3-1-10(2-4-11)13(9-15)16-7-5-12(17)6-8-16/h1-4,12-13,17H,5-9,15H2. The van der Waals surface area contributed by atoms with Crippen LogP contribution in [0, 0.1) is 0 Å². The first-order valence-electron chi connectivity index (χ1n) is 6.08. The number of halogens is 1. The normalized spacial score (nSPS) is 20.4. The highest BCUT2D eigenvalue weighted by molar-refractivity contribution is 9.10. The largest absolute Gasteiger partial charge is 0.393 e. The molecule has 1 aromatic rings. The van der Waals surface area contributed by atoms with Gasteiger partial charge in [0.05, 0.1) is 6.10 Å². The number of benzene rings is 1. The van der Waals surface area contributed by atoms with Gasteiger partial charge in [-0.1, -0.05) is 28.1 Å². The molecule has 3 N–H and O–H groups in total. The molecule has 0 aliphatic carbocycles. The van der Waals surface area contributed by atoms with Crippen molar-refractivity contribution in [1.82, 2.24) is 4.90 Å². The first-order valence-corrected chi connectivity index (χ1v) is 6.87. The van der Waals surface area contributed by atoms with E-state index in [1.807, 2.05) is 0 Å². The first kappa shape index (κ1) is 13.0. The summed E-state index contributed by atoms with van der Waals surface area (Å²) < 4.78 is 1.09. The number of aliphatic hydroxyl groups excluding tert-OH is 1. The average Bonchev–Trinajstić information content (AvgIpc) is 2.35. The van der Waals surface area contributed by atoms with Crippen LogP contribution >= 0.6 is 15.9 Å². The molecular weight excluding hydrogens is 280 g/mol. The lowest BCUT2D eigenvalue weighted by Gasteiger charge is -2.35. The summed E-state index contributed by atoms with van der Waals surface area (Å²) in [6, 6.07) is 8.61. The highest BCUT2D eigenvalue weighted by Crippen LogP contribution is 2.25. The Kier molecular flexibility index (Phi) is 4.56. The van der Waals surface area contributed by atoms with Crippen molar-refractivity contribution in [2.45, 2.75) is 25.0 Å². The monoisotopic (exact) mass is 298 g/mol. The van der Waals surface area contributed by atoms with Gasteiger partial charge in [-0.3, -0.25) is 4.90 Å². The summed E-state index contributed by atoms with van der Waals surface area (Å²) in [7, 11) is 0. The molecule has 0 saturated carbocycles. The second kappa shape index (κ2) is 5.96. The molecule has 3 nitrogen and oxygen atoms in total. The first-order chi connectivity index (χ1) is 8.20. The van der Waals surface area contributed by atoms with E-state index in [4.69, 9.17) is 5.73 Å². The van der Waals surface area contributed by atoms with E-state index in [1.54, 1.807) is 0 Å². The molecule has 1 aliphatic heterocycles. The summed E-state index contributed by atoms with van der Waals surface area (Å²) in [4.78, 5) is 2.37. The van der Waals surface area contributed by atoms with Crippen molar-refractivity contribution >= 4 is 15.9 Å². The molecule has 0 radical (unpaired) electrons. The Labute approximate surface area is 111 Å². The van der Waals surface area contributed by atoms with Crippen LogP contribution in [0.4, 0.5) is 0 Å². The van der Waals surface area contributed by atoms with Crippen molar-refractivity contribution in [2.75, 3.05) is 19.6 Å². The molecule has 0 aromatic heterocycles. The van der Waals surface area contributed by atoms with E-state index in [2.05, 4.69) is 45.1 Å². The lowest BCUT2D eigenvalue weighted by molar-refractivity contribution is 0.0622. The fourth-order valence-corrected chi connectivity index (χ4v) is 2.64. The summed E-state index contributed by atoms with van der Waals surface area (Å²) in [5.41, 5.74) is 7.15. The molecule has 4 heteroatoms.